The van der Waals surface area contributed by atoms with E-state index in [1.54, 1.807) is 0 Å². The highest BCUT2D eigenvalue weighted by molar-refractivity contribution is 5.49. The van der Waals surface area contributed by atoms with Crippen LogP contribution in [0, 0.1) is 5.41 Å². The second kappa shape index (κ2) is 5.98. The van der Waals surface area contributed by atoms with Crippen LogP contribution in [0.25, 0.3) is 0 Å². The van der Waals surface area contributed by atoms with Gasteiger partial charge in [-0.2, -0.15) is 0 Å². The van der Waals surface area contributed by atoms with Crippen molar-refractivity contribution in [1.29, 1.82) is 0 Å². The molecular weight excluding hydrogens is 248 g/mol. The zero-order chi connectivity index (χ0) is 14.8. The van der Waals surface area contributed by atoms with E-state index in [1.807, 2.05) is 7.05 Å². The van der Waals surface area contributed by atoms with Crippen molar-refractivity contribution in [2.75, 3.05) is 30.4 Å². The van der Waals surface area contributed by atoms with Gasteiger partial charge in [-0.3, -0.25) is 0 Å². The van der Waals surface area contributed by atoms with Gasteiger partial charge in [0.25, 0.3) is 0 Å². The number of hydrogen-bond acceptors (Lipinski definition) is 4. The first-order valence-corrected chi connectivity index (χ1v) is 7.73. The van der Waals surface area contributed by atoms with Gasteiger partial charge in [-0.25, -0.2) is 9.97 Å². The van der Waals surface area contributed by atoms with Crippen LogP contribution in [0.4, 0.5) is 11.6 Å². The average Bonchev–Trinajstić information content (AvgIpc) is 2.59. The Labute approximate surface area is 123 Å². The lowest BCUT2D eigenvalue weighted by Crippen LogP contribution is -2.26. The smallest absolute Gasteiger partial charge is 0.135 e. The minimum atomic E-state index is 0.352. The number of nitrogens with zero attached hydrogens (tertiary/aromatic N) is 3. The molecule has 0 radical (unpaired) electrons. The van der Waals surface area contributed by atoms with E-state index < -0.39 is 0 Å². The summed E-state index contributed by atoms with van der Waals surface area (Å²) in [7, 11) is 1.92. The summed E-state index contributed by atoms with van der Waals surface area (Å²) in [5, 5.41) is 3.16. The number of anilines is 2. The summed E-state index contributed by atoms with van der Waals surface area (Å²) in [4.78, 5) is 11.7. The van der Waals surface area contributed by atoms with Crippen molar-refractivity contribution in [3.63, 3.8) is 0 Å². The van der Waals surface area contributed by atoms with Gasteiger partial charge in [0.2, 0.25) is 0 Å². The Balaban J connectivity index is 2.25. The number of rotatable bonds is 3. The third-order valence-electron chi connectivity index (χ3n) is 4.17. The number of aromatic nitrogens is 2. The lowest BCUT2D eigenvalue weighted by Gasteiger charge is -2.25. The molecule has 1 aliphatic heterocycles. The average molecular weight is 276 g/mol. The van der Waals surface area contributed by atoms with E-state index in [0.29, 0.717) is 11.3 Å². The summed E-state index contributed by atoms with van der Waals surface area (Å²) in [6, 6.07) is 2.07. The molecule has 0 unspecified atom stereocenters. The molecule has 1 aromatic rings. The van der Waals surface area contributed by atoms with Crippen molar-refractivity contribution < 1.29 is 0 Å². The van der Waals surface area contributed by atoms with Crippen molar-refractivity contribution in [3.05, 3.63) is 11.9 Å². The Morgan fingerprint density at radius 2 is 1.95 bits per heavy atom. The SMILES string of the molecule is CNc1cc(N2CCCC(C)(C)CC2)nc(C(C)C)n1. The first kappa shape index (κ1) is 15.1. The van der Waals surface area contributed by atoms with Gasteiger partial charge >= 0.3 is 0 Å². The molecule has 2 rings (SSSR count). The topological polar surface area (TPSA) is 41.0 Å². The van der Waals surface area contributed by atoms with Crippen LogP contribution in [0.1, 0.15) is 58.7 Å². The summed E-state index contributed by atoms with van der Waals surface area (Å²) in [5.41, 5.74) is 0.453. The molecule has 1 saturated heterocycles. The molecule has 4 nitrogen and oxygen atoms in total. The van der Waals surface area contributed by atoms with Crippen molar-refractivity contribution in [1.82, 2.24) is 9.97 Å². The van der Waals surface area contributed by atoms with E-state index >= 15 is 0 Å². The summed E-state index contributed by atoms with van der Waals surface area (Å²) in [5.74, 6) is 3.27. The molecule has 1 fully saturated rings. The molecule has 20 heavy (non-hydrogen) atoms. The summed E-state index contributed by atoms with van der Waals surface area (Å²) < 4.78 is 0. The standard InChI is InChI=1S/C16H28N4/c1-12(2)15-18-13(17-5)11-14(19-15)20-9-6-7-16(3,4)8-10-20/h11-12H,6-10H2,1-5H3,(H,17,18,19). The molecule has 1 N–H and O–H groups in total. The minimum Gasteiger partial charge on any atom is -0.373 e. The van der Waals surface area contributed by atoms with E-state index in [1.165, 1.54) is 19.3 Å². The van der Waals surface area contributed by atoms with Crippen LogP contribution in [-0.2, 0) is 0 Å². The summed E-state index contributed by atoms with van der Waals surface area (Å²) >= 11 is 0. The van der Waals surface area contributed by atoms with Crippen LogP contribution in [0.5, 0.6) is 0 Å². The maximum Gasteiger partial charge on any atom is 0.135 e. The zero-order valence-corrected chi connectivity index (χ0v) is 13.5. The van der Waals surface area contributed by atoms with Gasteiger partial charge in [0.05, 0.1) is 0 Å². The van der Waals surface area contributed by atoms with Crippen LogP contribution in [0.3, 0.4) is 0 Å². The van der Waals surface area contributed by atoms with Crippen molar-refractivity contribution in [3.8, 4) is 0 Å². The van der Waals surface area contributed by atoms with E-state index in [0.717, 1.165) is 30.5 Å². The van der Waals surface area contributed by atoms with Crippen LogP contribution < -0.4 is 10.2 Å². The monoisotopic (exact) mass is 276 g/mol. The van der Waals surface area contributed by atoms with Gasteiger partial charge in [-0.05, 0) is 24.7 Å². The molecule has 0 aliphatic carbocycles. The zero-order valence-electron chi connectivity index (χ0n) is 13.5. The summed E-state index contributed by atoms with van der Waals surface area (Å²) in [6.07, 6.45) is 3.76. The minimum absolute atomic E-state index is 0.352. The van der Waals surface area contributed by atoms with E-state index in [4.69, 9.17) is 4.98 Å². The maximum absolute atomic E-state index is 4.77. The van der Waals surface area contributed by atoms with Gasteiger partial charge in [0, 0.05) is 32.1 Å². The molecule has 0 saturated carbocycles. The lowest BCUT2D eigenvalue weighted by atomic mass is 9.85. The van der Waals surface area contributed by atoms with Crippen LogP contribution in [-0.4, -0.2) is 30.1 Å². The number of hydrogen-bond donors (Lipinski definition) is 1. The Kier molecular flexibility index (Phi) is 4.51. The molecule has 0 bridgehead atoms. The quantitative estimate of drug-likeness (QED) is 0.914. The van der Waals surface area contributed by atoms with Gasteiger partial charge < -0.3 is 10.2 Å². The lowest BCUT2D eigenvalue weighted by molar-refractivity contribution is 0.325. The molecule has 0 spiro atoms. The fraction of sp³-hybridized carbons (Fsp3) is 0.750. The molecule has 1 aromatic heterocycles. The molecular formula is C16H28N4. The van der Waals surface area contributed by atoms with Gasteiger partial charge in [-0.1, -0.05) is 27.7 Å². The molecule has 112 valence electrons. The Hall–Kier alpha value is -1.32. The fourth-order valence-electron chi connectivity index (χ4n) is 2.65. The maximum atomic E-state index is 4.77. The second-order valence-electron chi connectivity index (χ2n) is 6.88. The third kappa shape index (κ3) is 3.62. The Morgan fingerprint density at radius 1 is 1.20 bits per heavy atom. The Morgan fingerprint density at radius 3 is 2.60 bits per heavy atom. The molecule has 0 amide bonds. The van der Waals surface area contributed by atoms with Gasteiger partial charge in [0.1, 0.15) is 17.5 Å². The first-order valence-electron chi connectivity index (χ1n) is 7.73. The van der Waals surface area contributed by atoms with E-state index in [9.17, 15) is 0 Å². The van der Waals surface area contributed by atoms with Gasteiger partial charge in [-0.15, -0.1) is 0 Å². The highest BCUT2D eigenvalue weighted by atomic mass is 15.2. The van der Waals surface area contributed by atoms with Crippen LogP contribution >= 0.6 is 0 Å². The largest absolute Gasteiger partial charge is 0.373 e. The van der Waals surface area contributed by atoms with Crippen molar-refractivity contribution >= 4 is 11.6 Å². The molecule has 0 atom stereocenters. The highest BCUT2D eigenvalue weighted by Crippen LogP contribution is 2.31. The molecule has 0 aromatic carbocycles. The van der Waals surface area contributed by atoms with Crippen LogP contribution in [0.15, 0.2) is 6.07 Å². The van der Waals surface area contributed by atoms with Crippen LogP contribution in [0.2, 0.25) is 0 Å². The molecule has 1 aliphatic rings. The van der Waals surface area contributed by atoms with Crippen molar-refractivity contribution in [2.24, 2.45) is 5.41 Å². The van der Waals surface area contributed by atoms with Crippen molar-refractivity contribution in [2.45, 2.75) is 52.9 Å². The second-order valence-corrected chi connectivity index (χ2v) is 6.88. The predicted molar refractivity (Wildman–Crippen MR) is 85.5 cm³/mol. The summed E-state index contributed by atoms with van der Waals surface area (Å²) in [6.45, 7) is 11.2. The predicted octanol–water partition coefficient (Wildman–Crippen LogP) is 3.66. The first-order chi connectivity index (χ1) is 9.41. The molecule has 4 heteroatoms. The van der Waals surface area contributed by atoms with E-state index in [-0.39, 0.29) is 0 Å². The Bertz CT molecular complexity index is 454. The molecule has 2 heterocycles. The third-order valence-corrected chi connectivity index (χ3v) is 4.17. The fourth-order valence-corrected chi connectivity index (χ4v) is 2.65. The van der Waals surface area contributed by atoms with E-state index in [2.05, 4.69) is 49.0 Å². The normalized spacial score (nSPS) is 19.0. The highest BCUT2D eigenvalue weighted by Gasteiger charge is 2.24. The van der Waals surface area contributed by atoms with Gasteiger partial charge in [0.15, 0.2) is 0 Å². The number of nitrogens with one attached hydrogen (secondary N) is 1.